The van der Waals surface area contributed by atoms with E-state index >= 15 is 0 Å². The van der Waals surface area contributed by atoms with Gasteiger partial charge in [0.1, 0.15) is 17.1 Å². The van der Waals surface area contributed by atoms with Crippen molar-refractivity contribution in [3.05, 3.63) is 71.6 Å². The molecule has 0 aliphatic carbocycles. The molecular formula is C32H32Cl2N8O3. The number of imidazole rings is 1. The van der Waals surface area contributed by atoms with Crippen LogP contribution in [0, 0.1) is 0 Å². The summed E-state index contributed by atoms with van der Waals surface area (Å²) in [5.41, 5.74) is 4.63. The van der Waals surface area contributed by atoms with Crippen molar-refractivity contribution >= 4 is 68.8 Å². The summed E-state index contributed by atoms with van der Waals surface area (Å²) in [6.07, 6.45) is 6.43. The number of halogens is 2. The summed E-state index contributed by atoms with van der Waals surface area (Å²) in [5.74, 6) is 0.858. The number of carbonyl (C=O) groups is 1. The molecule has 1 aliphatic rings. The van der Waals surface area contributed by atoms with Crippen LogP contribution in [0.15, 0.2) is 61.6 Å². The summed E-state index contributed by atoms with van der Waals surface area (Å²) < 4.78 is 12.8. The van der Waals surface area contributed by atoms with Crippen molar-refractivity contribution in [1.82, 2.24) is 24.3 Å². The quantitative estimate of drug-likeness (QED) is 0.179. The minimum Gasteiger partial charge on any atom is -0.495 e. The lowest BCUT2D eigenvalue weighted by Crippen LogP contribution is -2.46. The Morgan fingerprint density at radius 2 is 1.73 bits per heavy atom. The van der Waals surface area contributed by atoms with Gasteiger partial charge in [-0.25, -0.2) is 9.97 Å². The first-order chi connectivity index (χ1) is 21.8. The molecular weight excluding hydrogens is 615 g/mol. The molecule has 2 aromatic carbocycles. The third-order valence-corrected chi connectivity index (χ3v) is 8.68. The first-order valence-corrected chi connectivity index (χ1v) is 15.2. The number of pyridine rings is 1. The Labute approximate surface area is 270 Å². The fourth-order valence-electron chi connectivity index (χ4n) is 5.50. The van der Waals surface area contributed by atoms with Gasteiger partial charge in [-0.3, -0.25) is 9.20 Å². The van der Waals surface area contributed by atoms with Crippen LogP contribution in [-0.2, 0) is 4.79 Å². The van der Waals surface area contributed by atoms with E-state index in [4.69, 9.17) is 37.7 Å². The van der Waals surface area contributed by atoms with E-state index in [-0.39, 0.29) is 5.91 Å². The molecule has 0 radical (unpaired) electrons. The molecule has 3 aromatic heterocycles. The van der Waals surface area contributed by atoms with Crippen LogP contribution in [-0.4, -0.2) is 77.1 Å². The molecule has 2 N–H and O–H groups in total. The molecule has 0 bridgehead atoms. The number of amides is 1. The van der Waals surface area contributed by atoms with E-state index in [1.165, 1.54) is 20.3 Å². The van der Waals surface area contributed by atoms with E-state index in [0.717, 1.165) is 43.8 Å². The number of aromatic nitrogens is 4. The van der Waals surface area contributed by atoms with Crippen molar-refractivity contribution in [2.24, 2.45) is 0 Å². The molecule has 0 saturated carbocycles. The highest BCUT2D eigenvalue weighted by atomic mass is 35.5. The standard InChI is InChI=1S/C32H32Cl2N8O3/c1-5-26(43)37-23-16-20(41-13-11-40(6-2)12-14-41)7-8-22(23)38-32-36-18-19-15-21(31-35-9-10-42(31)30(19)39-32)27-28(33)24(44-3)17-25(45-4)29(27)34/h5,7-10,15-18H,1,6,11-14H2,2-4H3,(H,37,43)(H,36,38,39). The number of likely N-dealkylation sites (N-methyl/N-ethyl adjacent to an activating group) is 1. The van der Waals surface area contributed by atoms with Crippen LogP contribution < -0.4 is 25.0 Å². The number of nitrogens with zero attached hydrogens (tertiary/aromatic N) is 6. The van der Waals surface area contributed by atoms with Gasteiger partial charge in [0, 0.05) is 73.0 Å². The van der Waals surface area contributed by atoms with Crippen LogP contribution in [0.5, 0.6) is 11.5 Å². The number of hydrogen-bond donors (Lipinski definition) is 2. The molecule has 45 heavy (non-hydrogen) atoms. The van der Waals surface area contributed by atoms with Gasteiger partial charge >= 0.3 is 0 Å². The van der Waals surface area contributed by atoms with Gasteiger partial charge in [0.25, 0.3) is 0 Å². The van der Waals surface area contributed by atoms with Crippen LogP contribution in [0.2, 0.25) is 10.0 Å². The number of methoxy groups -OCH3 is 2. The second-order valence-electron chi connectivity index (χ2n) is 10.4. The summed E-state index contributed by atoms with van der Waals surface area (Å²) in [4.78, 5) is 31.1. The number of fused-ring (bicyclic) bond motifs is 3. The first-order valence-electron chi connectivity index (χ1n) is 14.4. The number of nitrogens with one attached hydrogen (secondary N) is 2. The highest BCUT2D eigenvalue weighted by Gasteiger charge is 2.23. The van der Waals surface area contributed by atoms with Gasteiger partial charge < -0.3 is 29.9 Å². The fraction of sp³-hybridized carbons (Fsp3) is 0.250. The van der Waals surface area contributed by atoms with Crippen LogP contribution in [0.25, 0.3) is 27.8 Å². The predicted octanol–water partition coefficient (Wildman–Crippen LogP) is 6.28. The Morgan fingerprint density at radius 3 is 2.40 bits per heavy atom. The molecule has 5 aromatic rings. The summed E-state index contributed by atoms with van der Waals surface area (Å²) >= 11 is 13.5. The average Bonchev–Trinajstić information content (AvgIpc) is 3.57. The molecule has 13 heteroatoms. The molecule has 4 heterocycles. The van der Waals surface area contributed by atoms with Gasteiger partial charge in [-0.2, -0.15) is 4.98 Å². The zero-order valence-electron chi connectivity index (χ0n) is 25.1. The lowest BCUT2D eigenvalue weighted by molar-refractivity contribution is -0.111. The minimum absolute atomic E-state index is 0.315. The molecule has 1 aliphatic heterocycles. The van der Waals surface area contributed by atoms with Crippen molar-refractivity contribution in [2.75, 3.05) is 62.5 Å². The van der Waals surface area contributed by atoms with Crippen LogP contribution in [0.4, 0.5) is 23.0 Å². The van der Waals surface area contributed by atoms with E-state index in [1.54, 1.807) is 24.7 Å². The van der Waals surface area contributed by atoms with Crippen LogP contribution in [0.3, 0.4) is 0 Å². The molecule has 232 valence electrons. The average molecular weight is 648 g/mol. The molecule has 0 unspecified atom stereocenters. The SMILES string of the molecule is C=CC(=O)Nc1cc(N2CCN(CC)CC2)ccc1Nc1ncc2cc(-c3c(Cl)c(OC)cc(OC)c3Cl)c3nccn3c2n1. The Morgan fingerprint density at radius 1 is 1.00 bits per heavy atom. The second kappa shape index (κ2) is 12.8. The van der Waals surface area contributed by atoms with Gasteiger partial charge in [0.2, 0.25) is 11.9 Å². The highest BCUT2D eigenvalue weighted by Crippen LogP contribution is 2.47. The van der Waals surface area contributed by atoms with E-state index in [0.29, 0.717) is 61.3 Å². The predicted molar refractivity (Wildman–Crippen MR) is 180 cm³/mol. The molecule has 0 atom stereocenters. The Hall–Kier alpha value is -4.58. The Kier molecular flexibility index (Phi) is 8.66. The molecule has 6 rings (SSSR count). The van der Waals surface area contributed by atoms with Crippen molar-refractivity contribution in [3.8, 4) is 22.6 Å². The summed E-state index contributed by atoms with van der Waals surface area (Å²) in [5, 5.41) is 7.59. The largest absolute Gasteiger partial charge is 0.495 e. The van der Waals surface area contributed by atoms with Crippen molar-refractivity contribution in [3.63, 3.8) is 0 Å². The molecule has 11 nitrogen and oxygen atoms in total. The smallest absolute Gasteiger partial charge is 0.247 e. The zero-order chi connectivity index (χ0) is 31.7. The van der Waals surface area contributed by atoms with E-state index in [1.807, 2.05) is 28.7 Å². The van der Waals surface area contributed by atoms with Crippen molar-refractivity contribution in [2.45, 2.75) is 6.92 Å². The molecule has 1 amide bonds. The van der Waals surface area contributed by atoms with E-state index in [9.17, 15) is 4.79 Å². The maximum absolute atomic E-state index is 12.4. The molecule has 1 saturated heterocycles. The normalized spacial score (nSPS) is 13.7. The van der Waals surface area contributed by atoms with Gasteiger partial charge in [0.05, 0.1) is 35.6 Å². The zero-order valence-corrected chi connectivity index (χ0v) is 26.6. The monoisotopic (exact) mass is 646 g/mol. The lowest BCUT2D eigenvalue weighted by Gasteiger charge is -2.35. The number of anilines is 4. The fourth-order valence-corrected chi connectivity index (χ4v) is 6.21. The summed E-state index contributed by atoms with van der Waals surface area (Å²) in [7, 11) is 3.06. The number of piperazine rings is 1. The second-order valence-corrected chi connectivity index (χ2v) is 11.2. The first kappa shape index (κ1) is 30.4. The van der Waals surface area contributed by atoms with Gasteiger partial charge in [-0.05, 0) is 36.9 Å². The third-order valence-electron chi connectivity index (χ3n) is 7.93. The van der Waals surface area contributed by atoms with E-state index < -0.39 is 0 Å². The minimum atomic E-state index is -0.315. The van der Waals surface area contributed by atoms with Gasteiger partial charge in [-0.1, -0.05) is 36.7 Å². The van der Waals surface area contributed by atoms with Gasteiger partial charge in [-0.15, -0.1) is 0 Å². The lowest BCUT2D eigenvalue weighted by atomic mass is 10.0. The number of rotatable bonds is 9. The Balaban J connectivity index is 1.39. The number of ether oxygens (including phenoxy) is 2. The van der Waals surface area contributed by atoms with E-state index in [2.05, 4.69) is 43.9 Å². The number of hydrogen-bond acceptors (Lipinski definition) is 9. The Bertz CT molecular complexity index is 1890. The van der Waals surface area contributed by atoms with Crippen molar-refractivity contribution in [1.29, 1.82) is 0 Å². The molecule has 0 spiro atoms. The highest BCUT2D eigenvalue weighted by molar-refractivity contribution is 6.41. The summed E-state index contributed by atoms with van der Waals surface area (Å²) in [6.45, 7) is 10.6. The maximum Gasteiger partial charge on any atom is 0.247 e. The maximum atomic E-state index is 12.4. The van der Waals surface area contributed by atoms with Crippen molar-refractivity contribution < 1.29 is 14.3 Å². The van der Waals surface area contributed by atoms with Crippen LogP contribution >= 0.6 is 23.2 Å². The topological polar surface area (TPSA) is 109 Å². The third kappa shape index (κ3) is 5.82. The number of carbonyl (C=O) groups excluding carboxylic acids is 1. The van der Waals surface area contributed by atoms with Crippen LogP contribution in [0.1, 0.15) is 6.92 Å². The number of benzene rings is 2. The van der Waals surface area contributed by atoms with Gasteiger partial charge in [0.15, 0.2) is 5.65 Å². The summed E-state index contributed by atoms with van der Waals surface area (Å²) in [6, 6.07) is 9.44. The molecule has 1 fully saturated rings.